The standard InChI is InChI=1S/C22H20N2O4/c1-15-8-9-19(27-2)18(14-15)24-21(25)20(16-6-4-3-5-7-16)28-22(26)17-10-12-23-13-11-17/h3-14,20H,1-2H3,(H,24,25)/t20-/m0/s1. The molecule has 6 nitrogen and oxygen atoms in total. The molecule has 0 unspecified atom stereocenters. The number of ether oxygens (including phenoxy) is 2. The Bertz CT molecular complexity index is 959. The van der Waals surface area contributed by atoms with Gasteiger partial charge >= 0.3 is 5.97 Å². The Morgan fingerprint density at radius 2 is 1.71 bits per heavy atom. The number of benzene rings is 2. The maximum atomic E-state index is 13.0. The molecule has 28 heavy (non-hydrogen) atoms. The van der Waals surface area contributed by atoms with Crippen molar-refractivity contribution in [2.24, 2.45) is 0 Å². The van der Waals surface area contributed by atoms with E-state index >= 15 is 0 Å². The van der Waals surface area contributed by atoms with E-state index in [1.165, 1.54) is 31.6 Å². The van der Waals surface area contributed by atoms with E-state index in [0.717, 1.165) is 5.56 Å². The molecule has 0 spiro atoms. The summed E-state index contributed by atoms with van der Waals surface area (Å²) in [5.74, 6) is -0.564. The second kappa shape index (κ2) is 8.81. The molecular weight excluding hydrogens is 356 g/mol. The fourth-order valence-electron chi connectivity index (χ4n) is 2.68. The Hall–Kier alpha value is -3.67. The number of nitrogens with one attached hydrogen (secondary N) is 1. The minimum absolute atomic E-state index is 0.317. The number of hydrogen-bond acceptors (Lipinski definition) is 5. The topological polar surface area (TPSA) is 77.5 Å². The normalized spacial score (nSPS) is 11.4. The van der Waals surface area contributed by atoms with E-state index in [9.17, 15) is 9.59 Å². The number of esters is 1. The lowest BCUT2D eigenvalue weighted by Crippen LogP contribution is -2.26. The number of aryl methyl sites for hydroxylation is 1. The van der Waals surface area contributed by atoms with Crippen molar-refractivity contribution in [3.8, 4) is 5.75 Å². The van der Waals surface area contributed by atoms with Crippen LogP contribution >= 0.6 is 0 Å². The number of rotatable bonds is 6. The third-order valence-corrected chi connectivity index (χ3v) is 4.09. The molecule has 0 aliphatic heterocycles. The molecule has 142 valence electrons. The number of carbonyl (C=O) groups is 2. The van der Waals surface area contributed by atoms with E-state index < -0.39 is 18.0 Å². The fraction of sp³-hybridized carbons (Fsp3) is 0.136. The molecule has 6 heteroatoms. The van der Waals surface area contributed by atoms with Crippen molar-refractivity contribution in [3.05, 3.63) is 89.7 Å². The second-order valence-corrected chi connectivity index (χ2v) is 6.12. The molecule has 1 aromatic heterocycles. The van der Waals surface area contributed by atoms with Gasteiger partial charge in [0.05, 0.1) is 18.4 Å². The zero-order chi connectivity index (χ0) is 19.9. The van der Waals surface area contributed by atoms with Crippen LogP contribution in [-0.2, 0) is 9.53 Å². The third-order valence-electron chi connectivity index (χ3n) is 4.09. The summed E-state index contributed by atoms with van der Waals surface area (Å²) in [6.07, 6.45) is 1.87. The Kier molecular flexibility index (Phi) is 6.01. The first kappa shape index (κ1) is 19.1. The predicted molar refractivity (Wildman–Crippen MR) is 105 cm³/mol. The van der Waals surface area contributed by atoms with Gasteiger partial charge in [-0.15, -0.1) is 0 Å². The van der Waals surface area contributed by atoms with Crippen molar-refractivity contribution in [3.63, 3.8) is 0 Å². The number of amides is 1. The maximum absolute atomic E-state index is 13.0. The zero-order valence-electron chi connectivity index (χ0n) is 15.6. The van der Waals surface area contributed by atoms with Gasteiger partial charge in [0.25, 0.3) is 5.91 Å². The highest BCUT2D eigenvalue weighted by Crippen LogP contribution is 2.28. The van der Waals surface area contributed by atoms with E-state index in [4.69, 9.17) is 9.47 Å². The SMILES string of the molecule is COc1ccc(C)cc1NC(=O)[C@@H](OC(=O)c1ccncc1)c1ccccc1. The van der Waals surface area contributed by atoms with E-state index in [1.807, 2.05) is 19.1 Å². The van der Waals surface area contributed by atoms with Gasteiger partial charge in [-0.25, -0.2) is 4.79 Å². The monoisotopic (exact) mass is 376 g/mol. The fourth-order valence-corrected chi connectivity index (χ4v) is 2.68. The number of pyridine rings is 1. The summed E-state index contributed by atoms with van der Waals surface area (Å²) < 4.78 is 10.8. The van der Waals surface area contributed by atoms with Crippen LogP contribution in [0, 0.1) is 6.92 Å². The van der Waals surface area contributed by atoms with Crippen LogP contribution in [0.25, 0.3) is 0 Å². The highest BCUT2D eigenvalue weighted by atomic mass is 16.5. The number of anilines is 1. The van der Waals surface area contributed by atoms with Gasteiger partial charge in [-0.3, -0.25) is 9.78 Å². The van der Waals surface area contributed by atoms with Crippen molar-refractivity contribution in [1.29, 1.82) is 0 Å². The average Bonchev–Trinajstić information content (AvgIpc) is 2.73. The largest absolute Gasteiger partial charge is 0.495 e. The van der Waals surface area contributed by atoms with Crippen LogP contribution in [0.3, 0.4) is 0 Å². The molecule has 1 amide bonds. The molecule has 0 fully saturated rings. The van der Waals surface area contributed by atoms with Gasteiger partial charge in [-0.2, -0.15) is 0 Å². The lowest BCUT2D eigenvalue weighted by Gasteiger charge is -2.19. The first-order valence-electron chi connectivity index (χ1n) is 8.70. The summed E-state index contributed by atoms with van der Waals surface area (Å²) in [7, 11) is 1.53. The smallest absolute Gasteiger partial charge is 0.339 e. The quantitative estimate of drug-likeness (QED) is 0.660. The van der Waals surface area contributed by atoms with Crippen LogP contribution in [0.2, 0.25) is 0 Å². The van der Waals surface area contributed by atoms with Gasteiger partial charge in [-0.05, 0) is 36.8 Å². The first-order valence-corrected chi connectivity index (χ1v) is 8.70. The van der Waals surface area contributed by atoms with Crippen molar-refractivity contribution < 1.29 is 19.1 Å². The molecule has 0 radical (unpaired) electrons. The van der Waals surface area contributed by atoms with Gasteiger partial charge in [0, 0.05) is 18.0 Å². The van der Waals surface area contributed by atoms with Gasteiger partial charge in [0.2, 0.25) is 6.10 Å². The second-order valence-electron chi connectivity index (χ2n) is 6.12. The predicted octanol–water partition coefficient (Wildman–Crippen LogP) is 3.94. The molecule has 1 atom stereocenters. The molecular formula is C22H20N2O4. The summed E-state index contributed by atoms with van der Waals surface area (Å²) >= 11 is 0. The van der Waals surface area contributed by atoms with Crippen LogP contribution in [0.5, 0.6) is 5.75 Å². The molecule has 0 aliphatic rings. The van der Waals surface area contributed by atoms with Crippen LogP contribution in [0.1, 0.15) is 27.6 Å². The molecule has 1 heterocycles. The molecule has 1 N–H and O–H groups in total. The number of nitrogens with zero attached hydrogens (tertiary/aromatic N) is 1. The van der Waals surface area contributed by atoms with Gasteiger partial charge < -0.3 is 14.8 Å². The lowest BCUT2D eigenvalue weighted by atomic mass is 10.1. The van der Waals surface area contributed by atoms with Crippen LogP contribution in [0.15, 0.2) is 73.1 Å². The summed E-state index contributed by atoms with van der Waals surface area (Å²) in [6, 6.07) is 17.4. The van der Waals surface area contributed by atoms with Gasteiger partial charge in [0.15, 0.2) is 0 Å². The molecule has 0 aliphatic carbocycles. The summed E-state index contributed by atoms with van der Waals surface area (Å²) in [6.45, 7) is 1.91. The number of hydrogen-bond donors (Lipinski definition) is 1. The number of aromatic nitrogens is 1. The minimum atomic E-state index is -1.12. The molecule has 0 saturated heterocycles. The summed E-state index contributed by atoms with van der Waals surface area (Å²) in [5.41, 5.74) is 2.35. The van der Waals surface area contributed by atoms with Crippen molar-refractivity contribution >= 4 is 17.6 Å². The maximum Gasteiger partial charge on any atom is 0.339 e. The Balaban J connectivity index is 1.88. The van der Waals surface area contributed by atoms with Crippen LogP contribution < -0.4 is 10.1 Å². The van der Waals surface area contributed by atoms with E-state index in [2.05, 4.69) is 10.3 Å². The summed E-state index contributed by atoms with van der Waals surface area (Å²) in [5, 5.41) is 2.80. The molecule has 0 bridgehead atoms. The molecule has 0 saturated carbocycles. The van der Waals surface area contributed by atoms with Crippen LogP contribution in [0.4, 0.5) is 5.69 Å². The van der Waals surface area contributed by atoms with Gasteiger partial charge in [-0.1, -0.05) is 36.4 Å². The van der Waals surface area contributed by atoms with Crippen LogP contribution in [-0.4, -0.2) is 24.0 Å². The average molecular weight is 376 g/mol. The van der Waals surface area contributed by atoms with E-state index in [-0.39, 0.29) is 0 Å². The lowest BCUT2D eigenvalue weighted by molar-refractivity contribution is -0.125. The van der Waals surface area contributed by atoms with Crippen molar-refractivity contribution in [1.82, 2.24) is 4.98 Å². The highest BCUT2D eigenvalue weighted by molar-refractivity contribution is 5.99. The Morgan fingerprint density at radius 3 is 2.39 bits per heavy atom. The van der Waals surface area contributed by atoms with E-state index in [1.54, 1.807) is 36.4 Å². The molecule has 2 aromatic carbocycles. The highest BCUT2D eigenvalue weighted by Gasteiger charge is 2.26. The van der Waals surface area contributed by atoms with Crippen molar-refractivity contribution in [2.45, 2.75) is 13.0 Å². The minimum Gasteiger partial charge on any atom is -0.495 e. The number of methoxy groups -OCH3 is 1. The van der Waals surface area contributed by atoms with E-state index in [0.29, 0.717) is 22.6 Å². The molecule has 3 rings (SSSR count). The zero-order valence-corrected chi connectivity index (χ0v) is 15.6. The van der Waals surface area contributed by atoms with Crippen molar-refractivity contribution in [2.75, 3.05) is 12.4 Å². The summed E-state index contributed by atoms with van der Waals surface area (Å²) in [4.78, 5) is 29.4. The number of carbonyl (C=O) groups excluding carboxylic acids is 2. The third kappa shape index (κ3) is 4.54. The first-order chi connectivity index (χ1) is 13.6. The Morgan fingerprint density at radius 1 is 1.00 bits per heavy atom. The Labute approximate surface area is 163 Å². The molecule has 3 aromatic rings. The van der Waals surface area contributed by atoms with Gasteiger partial charge in [0.1, 0.15) is 5.75 Å².